The van der Waals surface area contributed by atoms with Gasteiger partial charge in [0.15, 0.2) is 0 Å². The Kier molecular flexibility index (Phi) is 0.872. The van der Waals surface area contributed by atoms with Gasteiger partial charge in [-0.25, -0.2) is 0 Å². The van der Waals surface area contributed by atoms with Crippen LogP contribution in [0, 0.1) is 11.3 Å². The summed E-state index contributed by atoms with van der Waals surface area (Å²) in [6.07, 6.45) is 0.975. The molecule has 1 saturated carbocycles. The summed E-state index contributed by atoms with van der Waals surface area (Å²) in [5, 5.41) is 0. The smallest absolute Gasteiger partial charge is 0.221 e. The Bertz CT molecular complexity index is 128. The highest BCUT2D eigenvalue weighted by Gasteiger charge is 2.49. The van der Waals surface area contributed by atoms with Gasteiger partial charge in [0.25, 0.3) is 0 Å². The normalized spacial score (nSPS) is 32.0. The number of primary amides is 1. The van der Waals surface area contributed by atoms with Crippen molar-refractivity contribution >= 4 is 5.91 Å². The lowest BCUT2D eigenvalue weighted by molar-refractivity contribution is -0.119. The second-order valence-electron chi connectivity index (χ2n) is 3.15. The molecule has 1 fully saturated rings. The molecule has 1 aliphatic carbocycles. The summed E-state index contributed by atoms with van der Waals surface area (Å²) in [6, 6.07) is 0. The summed E-state index contributed by atoms with van der Waals surface area (Å²) < 4.78 is 0. The lowest BCUT2D eigenvalue weighted by Crippen LogP contribution is -2.15. The fourth-order valence-electron chi connectivity index (χ4n) is 0.953. The molecule has 1 aliphatic rings. The average Bonchev–Trinajstić information content (AvgIpc) is 2.13. The minimum atomic E-state index is -0.144. The molecule has 0 bridgehead atoms. The molecule has 0 aromatic rings. The van der Waals surface area contributed by atoms with Crippen molar-refractivity contribution in [2.75, 3.05) is 0 Å². The lowest BCUT2D eigenvalue weighted by atomic mass is 10.1. The van der Waals surface area contributed by atoms with Gasteiger partial charge >= 0.3 is 0 Å². The minimum absolute atomic E-state index is 0.144. The first-order chi connectivity index (χ1) is 3.54. The summed E-state index contributed by atoms with van der Waals surface area (Å²) in [5.74, 6) is 0.0116. The van der Waals surface area contributed by atoms with E-state index in [0.717, 1.165) is 6.42 Å². The predicted octanol–water partition coefficient (Wildman–Crippen LogP) is 0.518. The average molecular weight is 113 g/mol. The first kappa shape index (κ1) is 5.60. The van der Waals surface area contributed by atoms with Crippen LogP contribution in [0.2, 0.25) is 0 Å². The maximum Gasteiger partial charge on any atom is 0.221 e. The quantitative estimate of drug-likeness (QED) is 0.529. The van der Waals surface area contributed by atoms with Crippen LogP contribution >= 0.6 is 0 Å². The van der Waals surface area contributed by atoms with E-state index >= 15 is 0 Å². The SMILES string of the molecule is CC1(C)C[C@H]1C(N)=O. The molecule has 0 aromatic heterocycles. The molecule has 2 nitrogen and oxygen atoms in total. The first-order valence-corrected chi connectivity index (χ1v) is 2.83. The van der Waals surface area contributed by atoms with Crippen LogP contribution in [0.5, 0.6) is 0 Å². The molecule has 8 heavy (non-hydrogen) atoms. The van der Waals surface area contributed by atoms with Gasteiger partial charge < -0.3 is 5.73 Å². The van der Waals surface area contributed by atoms with E-state index in [1.807, 2.05) is 0 Å². The van der Waals surface area contributed by atoms with Crippen molar-refractivity contribution in [1.82, 2.24) is 0 Å². The summed E-state index contributed by atoms with van der Waals surface area (Å²) in [5.41, 5.74) is 5.25. The second-order valence-corrected chi connectivity index (χ2v) is 3.15. The Morgan fingerprint density at radius 2 is 2.12 bits per heavy atom. The van der Waals surface area contributed by atoms with Gasteiger partial charge in [-0.2, -0.15) is 0 Å². The lowest BCUT2D eigenvalue weighted by Gasteiger charge is -1.95. The standard InChI is InChI=1S/C6H11NO/c1-6(2)3-4(6)5(7)8/h4H,3H2,1-2H3,(H2,7,8)/t4-/m0/s1. The maximum atomic E-state index is 10.4. The van der Waals surface area contributed by atoms with Crippen molar-refractivity contribution in [1.29, 1.82) is 0 Å². The Hall–Kier alpha value is -0.530. The molecule has 1 amide bonds. The molecule has 46 valence electrons. The van der Waals surface area contributed by atoms with Crippen molar-refractivity contribution in [3.05, 3.63) is 0 Å². The zero-order chi connectivity index (χ0) is 6.36. The molecule has 1 rings (SSSR count). The minimum Gasteiger partial charge on any atom is -0.369 e. The number of nitrogens with two attached hydrogens (primary N) is 1. The number of hydrogen-bond acceptors (Lipinski definition) is 1. The van der Waals surface area contributed by atoms with Crippen LogP contribution < -0.4 is 5.73 Å². The predicted molar refractivity (Wildman–Crippen MR) is 31.1 cm³/mol. The molecule has 1 atom stereocenters. The van der Waals surface area contributed by atoms with Crippen molar-refractivity contribution in [3.8, 4) is 0 Å². The van der Waals surface area contributed by atoms with Crippen molar-refractivity contribution < 1.29 is 4.79 Å². The van der Waals surface area contributed by atoms with E-state index in [0.29, 0.717) is 0 Å². The molecule has 0 spiro atoms. The van der Waals surface area contributed by atoms with Gasteiger partial charge in [-0.3, -0.25) is 4.79 Å². The molecule has 0 radical (unpaired) electrons. The van der Waals surface area contributed by atoms with Crippen molar-refractivity contribution in [3.63, 3.8) is 0 Å². The maximum absolute atomic E-state index is 10.4. The molecule has 0 aliphatic heterocycles. The Balaban J connectivity index is 2.48. The fourth-order valence-corrected chi connectivity index (χ4v) is 0.953. The summed E-state index contributed by atoms with van der Waals surface area (Å²) >= 11 is 0. The third-order valence-electron chi connectivity index (χ3n) is 1.86. The van der Waals surface area contributed by atoms with Crippen LogP contribution in [-0.4, -0.2) is 5.91 Å². The summed E-state index contributed by atoms with van der Waals surface area (Å²) in [6.45, 7) is 4.12. The van der Waals surface area contributed by atoms with Gasteiger partial charge in [-0.15, -0.1) is 0 Å². The Morgan fingerprint density at radius 1 is 1.75 bits per heavy atom. The van der Waals surface area contributed by atoms with E-state index in [4.69, 9.17) is 5.73 Å². The van der Waals surface area contributed by atoms with Crippen LogP contribution in [0.1, 0.15) is 20.3 Å². The number of carbonyl (C=O) groups is 1. The molecule has 2 heteroatoms. The Labute approximate surface area is 49.1 Å². The van der Waals surface area contributed by atoms with Crippen molar-refractivity contribution in [2.45, 2.75) is 20.3 Å². The highest BCUT2D eigenvalue weighted by molar-refractivity contribution is 5.80. The third-order valence-corrected chi connectivity index (χ3v) is 1.86. The largest absolute Gasteiger partial charge is 0.369 e. The number of amides is 1. The van der Waals surface area contributed by atoms with Gasteiger partial charge in [0, 0.05) is 5.92 Å². The number of hydrogen-bond donors (Lipinski definition) is 1. The highest BCUT2D eigenvalue weighted by Crippen LogP contribution is 2.51. The first-order valence-electron chi connectivity index (χ1n) is 2.83. The molecular weight excluding hydrogens is 102 g/mol. The fraction of sp³-hybridized carbons (Fsp3) is 0.833. The van der Waals surface area contributed by atoms with E-state index < -0.39 is 0 Å². The summed E-state index contributed by atoms with van der Waals surface area (Å²) in [7, 11) is 0. The number of carbonyl (C=O) groups excluding carboxylic acids is 1. The summed E-state index contributed by atoms with van der Waals surface area (Å²) in [4.78, 5) is 10.4. The van der Waals surface area contributed by atoms with E-state index in [-0.39, 0.29) is 17.2 Å². The van der Waals surface area contributed by atoms with Crippen molar-refractivity contribution in [2.24, 2.45) is 17.1 Å². The number of rotatable bonds is 1. The van der Waals surface area contributed by atoms with Crippen LogP contribution in [0.4, 0.5) is 0 Å². The van der Waals surface area contributed by atoms with E-state index in [9.17, 15) is 4.79 Å². The van der Waals surface area contributed by atoms with Crippen LogP contribution in [0.15, 0.2) is 0 Å². The van der Waals surface area contributed by atoms with E-state index in [2.05, 4.69) is 13.8 Å². The highest BCUT2D eigenvalue weighted by atomic mass is 16.1. The second kappa shape index (κ2) is 1.24. The molecular formula is C6H11NO. The van der Waals surface area contributed by atoms with Crippen LogP contribution in [0.3, 0.4) is 0 Å². The zero-order valence-corrected chi connectivity index (χ0v) is 5.27. The monoisotopic (exact) mass is 113 g/mol. The molecule has 0 aromatic carbocycles. The van der Waals surface area contributed by atoms with E-state index in [1.165, 1.54) is 0 Å². The Morgan fingerprint density at radius 3 is 2.12 bits per heavy atom. The van der Waals surface area contributed by atoms with Gasteiger partial charge in [0.1, 0.15) is 0 Å². The third kappa shape index (κ3) is 0.703. The van der Waals surface area contributed by atoms with Crippen LogP contribution in [-0.2, 0) is 4.79 Å². The van der Waals surface area contributed by atoms with Crippen LogP contribution in [0.25, 0.3) is 0 Å². The zero-order valence-electron chi connectivity index (χ0n) is 5.27. The molecule has 0 heterocycles. The van der Waals surface area contributed by atoms with E-state index in [1.54, 1.807) is 0 Å². The van der Waals surface area contributed by atoms with Gasteiger partial charge in [-0.05, 0) is 11.8 Å². The van der Waals surface area contributed by atoms with Gasteiger partial charge in [-0.1, -0.05) is 13.8 Å². The molecule has 0 unspecified atom stereocenters. The topological polar surface area (TPSA) is 43.1 Å². The van der Waals surface area contributed by atoms with Gasteiger partial charge in [0.05, 0.1) is 0 Å². The molecule has 0 saturated heterocycles. The van der Waals surface area contributed by atoms with Gasteiger partial charge in [0.2, 0.25) is 5.91 Å². The molecule has 2 N–H and O–H groups in total.